The molecule has 0 radical (unpaired) electrons. The van der Waals surface area contributed by atoms with E-state index in [0.717, 1.165) is 10.2 Å². The molecule has 84 valence electrons. The van der Waals surface area contributed by atoms with Crippen LogP contribution in [0.1, 0.15) is 12.8 Å². The van der Waals surface area contributed by atoms with Crippen LogP contribution in [0.3, 0.4) is 0 Å². The molecule has 0 spiro atoms. The normalized spacial score (nSPS) is 15.7. The molecule has 4 nitrogen and oxygen atoms in total. The van der Waals surface area contributed by atoms with Gasteiger partial charge in [0.15, 0.2) is 0 Å². The van der Waals surface area contributed by atoms with Gasteiger partial charge in [-0.25, -0.2) is 0 Å². The van der Waals surface area contributed by atoms with Crippen molar-refractivity contribution >= 4 is 33.4 Å². The summed E-state index contributed by atoms with van der Waals surface area (Å²) >= 11 is 3.34. The van der Waals surface area contributed by atoms with Crippen molar-refractivity contribution < 1.29 is 9.59 Å². The quantitative estimate of drug-likeness (QED) is 0.863. The molecule has 0 atom stereocenters. The van der Waals surface area contributed by atoms with E-state index in [1.165, 1.54) is 4.90 Å². The second-order valence-electron chi connectivity index (χ2n) is 3.56. The molecule has 2 rings (SSSR count). The van der Waals surface area contributed by atoms with E-state index in [0.29, 0.717) is 12.8 Å². The lowest BCUT2D eigenvalue weighted by Gasteiger charge is -2.15. The molecule has 1 aromatic carbocycles. The van der Waals surface area contributed by atoms with Gasteiger partial charge < -0.3 is 5.32 Å². The maximum absolute atomic E-state index is 11.3. The molecule has 0 unspecified atom stereocenters. The molecule has 0 bridgehead atoms. The molecule has 0 aliphatic carbocycles. The van der Waals surface area contributed by atoms with Crippen molar-refractivity contribution in [3.63, 3.8) is 0 Å². The number of halogens is 1. The largest absolute Gasteiger partial charge is 0.367 e. The smallest absolute Gasteiger partial charge is 0.231 e. The van der Waals surface area contributed by atoms with E-state index >= 15 is 0 Å². The standard InChI is InChI=1S/C11H11BrN2O2/c12-8-1-3-9(4-2-8)13-7-14-10(15)5-6-11(14)16/h1-4,13H,5-7H2. The van der Waals surface area contributed by atoms with Gasteiger partial charge in [0.1, 0.15) is 0 Å². The van der Waals surface area contributed by atoms with Crippen LogP contribution in [0.5, 0.6) is 0 Å². The number of nitrogens with one attached hydrogen (secondary N) is 1. The molecule has 16 heavy (non-hydrogen) atoms. The Morgan fingerprint density at radius 2 is 1.69 bits per heavy atom. The highest BCUT2D eigenvalue weighted by atomic mass is 79.9. The summed E-state index contributed by atoms with van der Waals surface area (Å²) in [7, 11) is 0. The number of imide groups is 1. The van der Waals surface area contributed by atoms with Gasteiger partial charge in [-0.15, -0.1) is 0 Å². The second kappa shape index (κ2) is 4.65. The van der Waals surface area contributed by atoms with Crippen molar-refractivity contribution in [1.29, 1.82) is 0 Å². The first-order chi connectivity index (χ1) is 7.66. The zero-order valence-corrected chi connectivity index (χ0v) is 10.2. The maximum Gasteiger partial charge on any atom is 0.231 e. The summed E-state index contributed by atoms with van der Waals surface area (Å²) in [6.45, 7) is 0.249. The number of rotatable bonds is 3. The molecule has 1 heterocycles. The monoisotopic (exact) mass is 282 g/mol. The van der Waals surface area contributed by atoms with Gasteiger partial charge in [-0.05, 0) is 24.3 Å². The summed E-state index contributed by atoms with van der Waals surface area (Å²) in [5, 5.41) is 3.04. The van der Waals surface area contributed by atoms with E-state index in [4.69, 9.17) is 0 Å². The summed E-state index contributed by atoms with van der Waals surface area (Å²) < 4.78 is 0.992. The highest BCUT2D eigenvalue weighted by Gasteiger charge is 2.28. The van der Waals surface area contributed by atoms with Gasteiger partial charge in [0, 0.05) is 23.0 Å². The first kappa shape index (κ1) is 11.1. The molecular weight excluding hydrogens is 272 g/mol. The molecule has 1 aliphatic rings. The van der Waals surface area contributed by atoms with Crippen molar-refractivity contribution in [2.45, 2.75) is 12.8 Å². The van der Waals surface area contributed by atoms with E-state index in [-0.39, 0.29) is 18.5 Å². The Kier molecular flexibility index (Phi) is 3.24. The van der Waals surface area contributed by atoms with Crippen LogP contribution < -0.4 is 5.32 Å². The minimum Gasteiger partial charge on any atom is -0.367 e. The number of hydrogen-bond donors (Lipinski definition) is 1. The number of likely N-dealkylation sites (tertiary alicyclic amines) is 1. The summed E-state index contributed by atoms with van der Waals surface area (Å²) in [6.07, 6.45) is 0.668. The number of carbonyl (C=O) groups excluding carboxylic acids is 2. The maximum atomic E-state index is 11.3. The summed E-state index contributed by atoms with van der Waals surface area (Å²) in [5.41, 5.74) is 0.885. The lowest BCUT2D eigenvalue weighted by Crippen LogP contribution is -2.33. The second-order valence-corrected chi connectivity index (χ2v) is 4.47. The van der Waals surface area contributed by atoms with Crippen LogP contribution in [0.2, 0.25) is 0 Å². The number of amides is 2. The minimum atomic E-state index is -0.102. The molecule has 5 heteroatoms. The predicted molar refractivity (Wildman–Crippen MR) is 63.7 cm³/mol. The highest BCUT2D eigenvalue weighted by molar-refractivity contribution is 9.10. The van der Waals surface area contributed by atoms with E-state index in [1.807, 2.05) is 24.3 Å². The van der Waals surface area contributed by atoms with Gasteiger partial charge >= 0.3 is 0 Å². The molecule has 1 fully saturated rings. The van der Waals surface area contributed by atoms with Crippen molar-refractivity contribution in [1.82, 2.24) is 4.90 Å². The molecule has 1 aromatic rings. The molecular formula is C11H11BrN2O2. The third-order valence-electron chi connectivity index (χ3n) is 2.44. The van der Waals surface area contributed by atoms with Crippen LogP contribution in [-0.2, 0) is 9.59 Å². The predicted octanol–water partition coefficient (Wildman–Crippen LogP) is 1.97. The lowest BCUT2D eigenvalue weighted by atomic mass is 10.3. The average molecular weight is 283 g/mol. The van der Waals surface area contributed by atoms with Crippen molar-refractivity contribution in [2.75, 3.05) is 12.0 Å². The molecule has 2 amide bonds. The Balaban J connectivity index is 1.94. The fourth-order valence-electron chi connectivity index (χ4n) is 1.54. The number of hydrogen-bond acceptors (Lipinski definition) is 3. The van der Waals surface area contributed by atoms with Crippen LogP contribution >= 0.6 is 15.9 Å². The number of anilines is 1. The van der Waals surface area contributed by atoms with Crippen LogP contribution in [0.15, 0.2) is 28.7 Å². The first-order valence-electron chi connectivity index (χ1n) is 4.99. The van der Waals surface area contributed by atoms with Gasteiger partial charge in [0.2, 0.25) is 11.8 Å². The molecule has 1 N–H and O–H groups in total. The Bertz CT molecular complexity index is 400. The van der Waals surface area contributed by atoms with Gasteiger partial charge in [-0.1, -0.05) is 15.9 Å². The Morgan fingerprint density at radius 1 is 1.12 bits per heavy atom. The Hall–Kier alpha value is -1.36. The van der Waals surface area contributed by atoms with Crippen LogP contribution in [0, 0.1) is 0 Å². The van der Waals surface area contributed by atoms with E-state index in [2.05, 4.69) is 21.2 Å². The molecule has 1 saturated heterocycles. The summed E-state index contributed by atoms with van der Waals surface area (Å²) in [6, 6.07) is 7.57. The molecule has 1 aliphatic heterocycles. The highest BCUT2D eigenvalue weighted by Crippen LogP contribution is 2.15. The zero-order valence-electron chi connectivity index (χ0n) is 8.57. The minimum absolute atomic E-state index is 0.102. The Labute approximate surface area is 102 Å². The topological polar surface area (TPSA) is 49.4 Å². The van der Waals surface area contributed by atoms with Crippen molar-refractivity contribution in [3.05, 3.63) is 28.7 Å². The fourth-order valence-corrected chi connectivity index (χ4v) is 1.80. The van der Waals surface area contributed by atoms with Gasteiger partial charge in [-0.3, -0.25) is 14.5 Å². The van der Waals surface area contributed by atoms with Crippen molar-refractivity contribution in [2.24, 2.45) is 0 Å². The van der Waals surface area contributed by atoms with E-state index in [1.54, 1.807) is 0 Å². The van der Waals surface area contributed by atoms with Gasteiger partial charge in [-0.2, -0.15) is 0 Å². The number of benzene rings is 1. The van der Waals surface area contributed by atoms with Gasteiger partial charge in [0.05, 0.1) is 6.67 Å². The SMILES string of the molecule is O=C1CCC(=O)N1CNc1ccc(Br)cc1. The molecule has 0 saturated carbocycles. The van der Waals surface area contributed by atoms with Gasteiger partial charge in [0.25, 0.3) is 0 Å². The molecule has 0 aromatic heterocycles. The Morgan fingerprint density at radius 3 is 2.25 bits per heavy atom. The van der Waals surface area contributed by atoms with Crippen LogP contribution in [0.4, 0.5) is 5.69 Å². The summed E-state index contributed by atoms with van der Waals surface area (Å²) in [4.78, 5) is 23.9. The van der Waals surface area contributed by atoms with Crippen LogP contribution in [-0.4, -0.2) is 23.4 Å². The number of carbonyl (C=O) groups is 2. The third kappa shape index (κ3) is 2.41. The third-order valence-corrected chi connectivity index (χ3v) is 2.97. The zero-order chi connectivity index (χ0) is 11.5. The first-order valence-corrected chi connectivity index (χ1v) is 5.79. The summed E-state index contributed by atoms with van der Waals surface area (Å²) in [5.74, 6) is -0.204. The van der Waals surface area contributed by atoms with E-state index in [9.17, 15) is 9.59 Å². The fraction of sp³-hybridized carbons (Fsp3) is 0.273. The van der Waals surface area contributed by atoms with Crippen molar-refractivity contribution in [3.8, 4) is 0 Å². The number of nitrogens with zero attached hydrogens (tertiary/aromatic N) is 1. The van der Waals surface area contributed by atoms with Crippen LogP contribution in [0.25, 0.3) is 0 Å². The van der Waals surface area contributed by atoms with E-state index < -0.39 is 0 Å². The average Bonchev–Trinajstić information content (AvgIpc) is 2.59. The lowest BCUT2D eigenvalue weighted by molar-refractivity contribution is -0.137.